The third kappa shape index (κ3) is 4.54. The molecule has 1 aliphatic rings. The first-order valence-electron chi connectivity index (χ1n) is 9.38. The van der Waals surface area contributed by atoms with Crippen LogP contribution in [0.5, 0.6) is 11.5 Å². The lowest BCUT2D eigenvalue weighted by molar-refractivity contribution is 0.0734. The number of hydrogen-bond donors (Lipinski definition) is 1. The fourth-order valence-corrected chi connectivity index (χ4v) is 3.33. The fourth-order valence-electron chi connectivity index (χ4n) is 3.33. The Labute approximate surface area is 165 Å². The molecular weight excluding hydrogens is 358 g/mol. The molecular formula is C21H27N3O4. The molecule has 28 heavy (non-hydrogen) atoms. The zero-order valence-corrected chi connectivity index (χ0v) is 16.7. The van der Waals surface area contributed by atoms with E-state index in [0.29, 0.717) is 36.8 Å². The van der Waals surface area contributed by atoms with Crippen LogP contribution < -0.4 is 14.8 Å². The molecule has 0 radical (unpaired) electrons. The van der Waals surface area contributed by atoms with E-state index in [2.05, 4.69) is 10.3 Å². The van der Waals surface area contributed by atoms with Crippen molar-refractivity contribution >= 4 is 11.7 Å². The number of carbonyl (C=O) groups is 1. The van der Waals surface area contributed by atoms with Gasteiger partial charge in [0.1, 0.15) is 5.82 Å². The molecule has 2 heterocycles. The number of hydrogen-bond acceptors (Lipinski definition) is 6. The molecule has 3 rings (SSSR count). The van der Waals surface area contributed by atoms with Crippen molar-refractivity contribution in [2.24, 2.45) is 0 Å². The summed E-state index contributed by atoms with van der Waals surface area (Å²) in [6.07, 6.45) is 3.33. The third-order valence-electron chi connectivity index (χ3n) is 4.84. The van der Waals surface area contributed by atoms with Crippen LogP contribution >= 0.6 is 0 Å². The number of rotatable bonds is 8. The van der Waals surface area contributed by atoms with Gasteiger partial charge in [-0.1, -0.05) is 0 Å². The number of anilines is 1. The summed E-state index contributed by atoms with van der Waals surface area (Å²) in [5.41, 5.74) is 2.91. The summed E-state index contributed by atoms with van der Waals surface area (Å²) in [7, 11) is 4.93. The van der Waals surface area contributed by atoms with Gasteiger partial charge < -0.3 is 24.4 Å². The minimum absolute atomic E-state index is 0.00257. The molecule has 1 N–H and O–H groups in total. The monoisotopic (exact) mass is 385 g/mol. The highest BCUT2D eigenvalue weighted by Gasteiger charge is 2.24. The van der Waals surface area contributed by atoms with Gasteiger partial charge in [-0.15, -0.1) is 0 Å². The van der Waals surface area contributed by atoms with Crippen LogP contribution in [0.2, 0.25) is 0 Å². The Morgan fingerprint density at radius 3 is 2.61 bits per heavy atom. The third-order valence-corrected chi connectivity index (χ3v) is 4.84. The maximum Gasteiger partial charge on any atom is 0.254 e. The van der Waals surface area contributed by atoms with E-state index in [0.717, 1.165) is 30.7 Å². The highest BCUT2D eigenvalue weighted by Crippen LogP contribution is 2.33. The molecule has 0 spiro atoms. The summed E-state index contributed by atoms with van der Waals surface area (Å²) in [6.45, 7) is 2.65. The predicted octanol–water partition coefficient (Wildman–Crippen LogP) is 2.75. The van der Waals surface area contributed by atoms with Crippen LogP contribution in [0.3, 0.4) is 0 Å². The Balaban J connectivity index is 1.70. The molecule has 0 atom stereocenters. The van der Waals surface area contributed by atoms with Gasteiger partial charge in [0.2, 0.25) is 0 Å². The molecule has 0 aliphatic carbocycles. The van der Waals surface area contributed by atoms with Crippen LogP contribution in [0.25, 0.3) is 0 Å². The van der Waals surface area contributed by atoms with Gasteiger partial charge in [-0.25, -0.2) is 4.98 Å². The predicted molar refractivity (Wildman–Crippen MR) is 107 cm³/mol. The summed E-state index contributed by atoms with van der Waals surface area (Å²) in [4.78, 5) is 19.2. The maximum absolute atomic E-state index is 13.0. The Bertz CT molecular complexity index is 825. The second kappa shape index (κ2) is 9.41. The van der Waals surface area contributed by atoms with Crippen molar-refractivity contribution in [1.82, 2.24) is 9.88 Å². The zero-order chi connectivity index (χ0) is 19.9. The number of aromatic nitrogens is 1. The van der Waals surface area contributed by atoms with E-state index in [1.807, 2.05) is 17.0 Å². The number of amides is 1. The second-order valence-electron chi connectivity index (χ2n) is 6.66. The summed E-state index contributed by atoms with van der Waals surface area (Å²) in [5, 5.41) is 3.23. The van der Waals surface area contributed by atoms with Gasteiger partial charge in [0.15, 0.2) is 11.5 Å². The molecule has 1 aromatic carbocycles. The van der Waals surface area contributed by atoms with Crippen molar-refractivity contribution in [3.8, 4) is 11.5 Å². The quantitative estimate of drug-likeness (QED) is 0.705. The van der Waals surface area contributed by atoms with Gasteiger partial charge in [-0.2, -0.15) is 0 Å². The van der Waals surface area contributed by atoms with Gasteiger partial charge in [0.05, 0.1) is 14.2 Å². The van der Waals surface area contributed by atoms with E-state index >= 15 is 0 Å². The lowest BCUT2D eigenvalue weighted by Crippen LogP contribution is -2.36. The van der Waals surface area contributed by atoms with Crippen molar-refractivity contribution in [1.29, 1.82) is 0 Å². The van der Waals surface area contributed by atoms with E-state index in [9.17, 15) is 4.79 Å². The Hall–Kier alpha value is -2.80. The van der Waals surface area contributed by atoms with Crippen molar-refractivity contribution in [3.63, 3.8) is 0 Å². The number of nitrogens with one attached hydrogen (secondary N) is 1. The van der Waals surface area contributed by atoms with E-state index < -0.39 is 0 Å². The van der Waals surface area contributed by atoms with Gasteiger partial charge in [-0.3, -0.25) is 4.79 Å². The Morgan fingerprint density at radius 1 is 1.14 bits per heavy atom. The van der Waals surface area contributed by atoms with Gasteiger partial charge in [0, 0.05) is 45.1 Å². The van der Waals surface area contributed by atoms with Crippen LogP contribution in [0, 0.1) is 0 Å². The fraction of sp³-hybridized carbons (Fsp3) is 0.429. The summed E-state index contributed by atoms with van der Waals surface area (Å²) in [6, 6.07) is 7.53. The SMILES string of the molecule is COCCCNc1cc(C(=O)N2CCc3cc(OC)c(OC)cc3C2)ccn1. The normalized spacial score (nSPS) is 13.0. The van der Waals surface area contributed by atoms with E-state index in [1.165, 1.54) is 5.56 Å². The van der Waals surface area contributed by atoms with Gasteiger partial charge in [0.25, 0.3) is 5.91 Å². The van der Waals surface area contributed by atoms with E-state index in [4.69, 9.17) is 14.2 Å². The van der Waals surface area contributed by atoms with E-state index in [1.54, 1.807) is 39.7 Å². The second-order valence-corrected chi connectivity index (χ2v) is 6.66. The first-order valence-corrected chi connectivity index (χ1v) is 9.38. The lowest BCUT2D eigenvalue weighted by atomic mass is 9.98. The maximum atomic E-state index is 13.0. The summed E-state index contributed by atoms with van der Waals surface area (Å²) >= 11 is 0. The topological polar surface area (TPSA) is 72.9 Å². The smallest absolute Gasteiger partial charge is 0.254 e. The molecule has 0 bridgehead atoms. The average molecular weight is 385 g/mol. The molecule has 7 nitrogen and oxygen atoms in total. The molecule has 1 aromatic heterocycles. The number of pyridine rings is 1. The van der Waals surface area contributed by atoms with E-state index in [-0.39, 0.29) is 5.91 Å². The number of nitrogens with zero attached hydrogens (tertiary/aromatic N) is 2. The number of benzene rings is 1. The van der Waals surface area contributed by atoms with Crippen molar-refractivity contribution in [2.75, 3.05) is 46.3 Å². The molecule has 2 aromatic rings. The average Bonchev–Trinajstić information content (AvgIpc) is 2.75. The molecule has 7 heteroatoms. The summed E-state index contributed by atoms with van der Waals surface area (Å²) in [5.74, 6) is 2.11. The number of methoxy groups -OCH3 is 3. The summed E-state index contributed by atoms with van der Waals surface area (Å²) < 4.78 is 15.8. The van der Waals surface area contributed by atoms with Gasteiger partial charge in [-0.05, 0) is 48.2 Å². The van der Waals surface area contributed by atoms with Crippen molar-refractivity contribution in [2.45, 2.75) is 19.4 Å². The molecule has 1 aliphatic heterocycles. The minimum atomic E-state index is 0.00257. The highest BCUT2D eigenvalue weighted by atomic mass is 16.5. The first-order chi connectivity index (χ1) is 13.7. The molecule has 150 valence electrons. The molecule has 0 unspecified atom stereocenters. The van der Waals surface area contributed by atoms with Crippen molar-refractivity contribution in [3.05, 3.63) is 47.2 Å². The number of fused-ring (bicyclic) bond motifs is 1. The van der Waals surface area contributed by atoms with Crippen LogP contribution in [0.4, 0.5) is 5.82 Å². The Kier molecular flexibility index (Phi) is 6.71. The zero-order valence-electron chi connectivity index (χ0n) is 16.7. The minimum Gasteiger partial charge on any atom is -0.493 e. The largest absolute Gasteiger partial charge is 0.493 e. The number of ether oxygens (including phenoxy) is 3. The molecule has 0 saturated carbocycles. The molecule has 0 saturated heterocycles. The van der Waals surface area contributed by atoms with Crippen LogP contribution in [0.15, 0.2) is 30.5 Å². The first kappa shape index (κ1) is 19.9. The van der Waals surface area contributed by atoms with Crippen LogP contribution in [0.1, 0.15) is 27.9 Å². The molecule has 1 amide bonds. The number of carbonyl (C=O) groups excluding carboxylic acids is 1. The van der Waals surface area contributed by atoms with Crippen LogP contribution in [-0.2, 0) is 17.7 Å². The highest BCUT2D eigenvalue weighted by molar-refractivity contribution is 5.95. The lowest BCUT2D eigenvalue weighted by Gasteiger charge is -2.29. The molecule has 0 fully saturated rings. The Morgan fingerprint density at radius 2 is 1.89 bits per heavy atom. The van der Waals surface area contributed by atoms with Crippen LogP contribution in [-0.4, -0.2) is 56.8 Å². The van der Waals surface area contributed by atoms with Gasteiger partial charge >= 0.3 is 0 Å². The standard InChI is InChI=1S/C21H27N3O4/c1-26-10-4-7-22-20-13-16(5-8-23-20)21(25)24-9-6-15-11-18(27-2)19(28-3)12-17(15)14-24/h5,8,11-13H,4,6-7,9-10,14H2,1-3H3,(H,22,23). The van der Waals surface area contributed by atoms with Crippen molar-refractivity contribution < 1.29 is 19.0 Å².